The van der Waals surface area contributed by atoms with Gasteiger partial charge in [-0.3, -0.25) is 14.2 Å². The first kappa shape index (κ1) is 30.3. The summed E-state index contributed by atoms with van der Waals surface area (Å²) in [7, 11) is 7.49. The van der Waals surface area contributed by atoms with Crippen molar-refractivity contribution < 1.29 is 32.8 Å². The molecule has 0 saturated heterocycles. The van der Waals surface area contributed by atoms with Crippen LogP contribution in [0.5, 0.6) is 34.5 Å². The lowest BCUT2D eigenvalue weighted by atomic mass is 10.1. The molecule has 5 aromatic rings. The molecule has 0 bridgehead atoms. The molecule has 0 amide bonds. The van der Waals surface area contributed by atoms with Crippen LogP contribution in [0.15, 0.2) is 62.8 Å². The van der Waals surface area contributed by atoms with Gasteiger partial charge in [0, 0.05) is 24.2 Å². The Balaban J connectivity index is 1.49. The minimum absolute atomic E-state index is 0.00439. The normalized spacial score (nSPS) is 11.0. The fraction of sp³-hybridized carbons (Fsp3) is 0.303. The molecule has 2 aromatic heterocycles. The topological polar surface area (TPSA) is 120 Å². The van der Waals surface area contributed by atoms with Crippen LogP contribution in [0.1, 0.15) is 18.4 Å². The van der Waals surface area contributed by atoms with Crippen LogP contribution in [0.4, 0.5) is 0 Å². The molecule has 0 aliphatic heterocycles. The van der Waals surface area contributed by atoms with E-state index in [1.807, 2.05) is 25.1 Å². The molecule has 0 fully saturated rings. The predicted octanol–water partition coefficient (Wildman–Crippen LogP) is 5.38. The van der Waals surface area contributed by atoms with E-state index in [0.717, 1.165) is 5.56 Å². The van der Waals surface area contributed by atoms with Gasteiger partial charge in [-0.05, 0) is 44.0 Å². The second kappa shape index (κ2) is 13.0. The summed E-state index contributed by atoms with van der Waals surface area (Å²) < 4.78 is 41.5. The average molecular weight is 603 g/mol. The molecule has 5 rings (SSSR count). The van der Waals surface area contributed by atoms with Crippen molar-refractivity contribution in [3.05, 3.63) is 74.9 Å². The van der Waals surface area contributed by atoms with E-state index in [2.05, 4.69) is 4.98 Å². The third-order valence-electron chi connectivity index (χ3n) is 7.29. The fourth-order valence-electron chi connectivity index (χ4n) is 5.05. The van der Waals surface area contributed by atoms with Crippen molar-refractivity contribution in [1.29, 1.82) is 0 Å². The van der Waals surface area contributed by atoms with E-state index < -0.39 is 5.43 Å². The summed E-state index contributed by atoms with van der Waals surface area (Å²) in [6.07, 6.45) is 2.71. The SMILES string of the molecule is COc1cc(OC)c2c(=O)c(OCCCCn3cnc4ccc(C)cc4c3=O)c(-c3cc(OC)c(OC)c(OC)c3)oc2c1. The fourth-order valence-corrected chi connectivity index (χ4v) is 5.05. The maximum atomic E-state index is 14.0. The number of rotatable bonds is 12. The lowest BCUT2D eigenvalue weighted by molar-refractivity contribution is 0.295. The monoisotopic (exact) mass is 602 g/mol. The smallest absolute Gasteiger partial charge is 0.261 e. The highest BCUT2D eigenvalue weighted by Crippen LogP contribution is 2.44. The molecule has 3 aromatic carbocycles. The molecule has 0 unspecified atom stereocenters. The second-order valence-corrected chi connectivity index (χ2v) is 10.0. The quantitative estimate of drug-likeness (QED) is 0.172. The number of aryl methyl sites for hydroxylation is 2. The van der Waals surface area contributed by atoms with Crippen LogP contribution in [0, 0.1) is 6.92 Å². The Kier molecular flexibility index (Phi) is 8.94. The Morgan fingerprint density at radius 3 is 2.18 bits per heavy atom. The van der Waals surface area contributed by atoms with Gasteiger partial charge in [0.05, 0.1) is 59.4 Å². The zero-order valence-corrected chi connectivity index (χ0v) is 25.5. The number of ether oxygens (including phenoxy) is 6. The van der Waals surface area contributed by atoms with Gasteiger partial charge >= 0.3 is 0 Å². The lowest BCUT2D eigenvalue weighted by Gasteiger charge is -2.17. The Morgan fingerprint density at radius 2 is 1.52 bits per heavy atom. The number of unbranched alkanes of at least 4 members (excludes halogenated alkanes) is 1. The number of hydrogen-bond acceptors (Lipinski definition) is 10. The third kappa shape index (κ3) is 5.72. The molecular weight excluding hydrogens is 568 g/mol. The molecule has 0 radical (unpaired) electrons. The zero-order chi connectivity index (χ0) is 31.4. The molecule has 2 heterocycles. The summed E-state index contributed by atoms with van der Waals surface area (Å²) in [5.41, 5.74) is 1.87. The molecule has 0 aliphatic rings. The summed E-state index contributed by atoms with van der Waals surface area (Å²) in [6, 6.07) is 12.2. The molecule has 0 N–H and O–H groups in total. The van der Waals surface area contributed by atoms with Crippen molar-refractivity contribution >= 4 is 21.9 Å². The number of fused-ring (bicyclic) bond motifs is 2. The summed E-state index contributed by atoms with van der Waals surface area (Å²) >= 11 is 0. The average Bonchev–Trinajstić information content (AvgIpc) is 3.04. The molecule has 0 atom stereocenters. The Hall–Kier alpha value is -5.19. The van der Waals surface area contributed by atoms with Crippen molar-refractivity contribution in [3.63, 3.8) is 0 Å². The van der Waals surface area contributed by atoms with Crippen LogP contribution in [-0.4, -0.2) is 51.7 Å². The van der Waals surface area contributed by atoms with E-state index in [1.165, 1.54) is 35.5 Å². The molecule has 11 nitrogen and oxygen atoms in total. The Bertz CT molecular complexity index is 1920. The molecular formula is C33H34N2O9. The lowest BCUT2D eigenvalue weighted by Crippen LogP contribution is -2.21. The van der Waals surface area contributed by atoms with Gasteiger partial charge < -0.3 is 32.8 Å². The van der Waals surface area contributed by atoms with Crippen LogP contribution in [0.3, 0.4) is 0 Å². The molecule has 0 aliphatic carbocycles. The van der Waals surface area contributed by atoms with Crippen molar-refractivity contribution in [3.8, 4) is 45.8 Å². The van der Waals surface area contributed by atoms with Gasteiger partial charge in [-0.15, -0.1) is 0 Å². The van der Waals surface area contributed by atoms with Gasteiger partial charge in [-0.1, -0.05) is 11.6 Å². The van der Waals surface area contributed by atoms with Crippen LogP contribution in [0.25, 0.3) is 33.2 Å². The maximum absolute atomic E-state index is 14.0. The van der Waals surface area contributed by atoms with Crippen molar-refractivity contribution in [2.45, 2.75) is 26.3 Å². The third-order valence-corrected chi connectivity index (χ3v) is 7.29. The van der Waals surface area contributed by atoms with Gasteiger partial charge in [0.2, 0.25) is 16.9 Å². The first-order valence-electron chi connectivity index (χ1n) is 13.9. The first-order valence-corrected chi connectivity index (χ1v) is 13.9. The predicted molar refractivity (Wildman–Crippen MR) is 166 cm³/mol. The van der Waals surface area contributed by atoms with Crippen molar-refractivity contribution in [2.75, 3.05) is 42.2 Å². The standard InChI is InChI=1S/C33H34N2O9/c1-19-9-10-23-22(13-19)33(37)35(18-34-23)11-7-8-12-43-32-29(36)28-24(39-3)16-21(38-2)17-25(28)44-30(32)20-14-26(40-4)31(42-6)27(15-20)41-5/h9-10,13-18H,7-8,11-12H2,1-6H3. The maximum Gasteiger partial charge on any atom is 0.261 e. The summed E-state index contributed by atoms with van der Waals surface area (Å²) in [5, 5.41) is 0.793. The van der Waals surface area contributed by atoms with E-state index in [1.54, 1.807) is 35.2 Å². The van der Waals surface area contributed by atoms with Crippen molar-refractivity contribution in [1.82, 2.24) is 9.55 Å². The minimum atomic E-state index is -0.417. The number of methoxy groups -OCH3 is 5. The van der Waals surface area contributed by atoms with E-state index in [9.17, 15) is 9.59 Å². The number of hydrogen-bond donors (Lipinski definition) is 0. The van der Waals surface area contributed by atoms with Crippen LogP contribution >= 0.6 is 0 Å². The number of nitrogens with zero attached hydrogens (tertiary/aromatic N) is 2. The highest BCUT2D eigenvalue weighted by Gasteiger charge is 2.24. The molecule has 0 saturated carbocycles. The van der Waals surface area contributed by atoms with E-state index in [0.29, 0.717) is 58.9 Å². The van der Waals surface area contributed by atoms with Crippen LogP contribution < -0.4 is 39.4 Å². The highest BCUT2D eigenvalue weighted by atomic mass is 16.5. The number of benzene rings is 3. The van der Waals surface area contributed by atoms with E-state index >= 15 is 0 Å². The van der Waals surface area contributed by atoms with Crippen LogP contribution in [0.2, 0.25) is 0 Å². The zero-order valence-electron chi connectivity index (χ0n) is 25.5. The van der Waals surface area contributed by atoms with E-state index in [4.69, 9.17) is 32.8 Å². The molecule has 11 heteroatoms. The minimum Gasteiger partial charge on any atom is -0.496 e. The summed E-state index contributed by atoms with van der Waals surface area (Å²) in [4.78, 5) is 31.4. The van der Waals surface area contributed by atoms with Gasteiger partial charge in [-0.2, -0.15) is 0 Å². The highest BCUT2D eigenvalue weighted by molar-refractivity contribution is 5.89. The van der Waals surface area contributed by atoms with E-state index in [-0.39, 0.29) is 40.4 Å². The first-order chi connectivity index (χ1) is 21.3. The van der Waals surface area contributed by atoms with Gasteiger partial charge in [0.25, 0.3) is 5.56 Å². The van der Waals surface area contributed by atoms with Crippen LogP contribution in [-0.2, 0) is 6.54 Å². The molecule has 0 spiro atoms. The molecule has 44 heavy (non-hydrogen) atoms. The van der Waals surface area contributed by atoms with Gasteiger partial charge in [-0.25, -0.2) is 4.98 Å². The molecule has 230 valence electrons. The largest absolute Gasteiger partial charge is 0.496 e. The van der Waals surface area contributed by atoms with Gasteiger partial charge in [0.1, 0.15) is 22.5 Å². The van der Waals surface area contributed by atoms with Gasteiger partial charge in [0.15, 0.2) is 17.3 Å². The number of aromatic nitrogens is 2. The second-order valence-electron chi connectivity index (χ2n) is 10.0. The Labute approximate surface area is 253 Å². The summed E-state index contributed by atoms with van der Waals surface area (Å²) in [5.74, 6) is 2.05. The Morgan fingerprint density at radius 1 is 0.795 bits per heavy atom. The summed E-state index contributed by atoms with van der Waals surface area (Å²) in [6.45, 7) is 2.56. The van der Waals surface area contributed by atoms with Crippen molar-refractivity contribution in [2.24, 2.45) is 0 Å².